The van der Waals surface area contributed by atoms with Crippen molar-refractivity contribution < 1.29 is 14.3 Å². The average Bonchev–Trinajstić information content (AvgIpc) is 2.67. The van der Waals surface area contributed by atoms with Gasteiger partial charge in [0.1, 0.15) is 23.4 Å². The average molecular weight is 381 g/mol. The predicted octanol–water partition coefficient (Wildman–Crippen LogP) is 2.81. The molecule has 8 heteroatoms. The van der Waals surface area contributed by atoms with E-state index < -0.39 is 6.09 Å². The first kappa shape index (κ1) is 19.4. The fraction of sp³-hybridized carbons (Fsp3) is 0.250. The molecule has 146 valence electrons. The molecule has 3 rings (SSSR count). The Balaban J connectivity index is 2.00. The van der Waals surface area contributed by atoms with Crippen LogP contribution >= 0.6 is 0 Å². The van der Waals surface area contributed by atoms with Gasteiger partial charge in [-0.15, -0.1) is 0 Å². The molecule has 1 heterocycles. The van der Waals surface area contributed by atoms with Gasteiger partial charge in [-0.2, -0.15) is 0 Å². The van der Waals surface area contributed by atoms with Crippen LogP contribution in [0.2, 0.25) is 0 Å². The summed E-state index contributed by atoms with van der Waals surface area (Å²) < 4.78 is 10.4. The standard InChI is InChI=1S/C20H23N5O3/c1-25(2)11-16(13-6-4-7-14(10-13)27-3)24-19-15-8-5-9-17(28-20(21)26)18(15)22-12-23-19/h4-10,12,16H,11H2,1-3H3,(H2,21,26)(H,22,23,24). The fourth-order valence-electron chi connectivity index (χ4n) is 2.99. The number of nitrogens with zero attached hydrogens (tertiary/aromatic N) is 3. The van der Waals surface area contributed by atoms with Gasteiger partial charge in [0.25, 0.3) is 0 Å². The first-order valence-electron chi connectivity index (χ1n) is 8.74. The quantitative estimate of drug-likeness (QED) is 0.649. The van der Waals surface area contributed by atoms with Crippen LogP contribution in [0.3, 0.4) is 0 Å². The lowest BCUT2D eigenvalue weighted by molar-refractivity contribution is 0.211. The number of amides is 1. The van der Waals surface area contributed by atoms with Gasteiger partial charge >= 0.3 is 6.09 Å². The topological polar surface area (TPSA) is 103 Å². The highest BCUT2D eigenvalue weighted by Crippen LogP contribution is 2.30. The molecule has 1 amide bonds. The summed E-state index contributed by atoms with van der Waals surface area (Å²) in [6.07, 6.45) is 0.541. The smallest absolute Gasteiger partial charge is 0.410 e. The van der Waals surface area contributed by atoms with Gasteiger partial charge in [-0.05, 0) is 43.9 Å². The van der Waals surface area contributed by atoms with Crippen LogP contribution in [0.1, 0.15) is 11.6 Å². The van der Waals surface area contributed by atoms with Crippen LogP contribution in [0.15, 0.2) is 48.8 Å². The molecule has 1 unspecified atom stereocenters. The zero-order valence-corrected chi connectivity index (χ0v) is 16.0. The molecule has 1 atom stereocenters. The van der Waals surface area contributed by atoms with Crippen LogP contribution in [0.4, 0.5) is 10.6 Å². The first-order chi connectivity index (χ1) is 13.5. The Morgan fingerprint density at radius 1 is 1.21 bits per heavy atom. The molecule has 3 N–H and O–H groups in total. The van der Waals surface area contributed by atoms with Crippen molar-refractivity contribution in [1.29, 1.82) is 0 Å². The maximum absolute atomic E-state index is 11.2. The van der Waals surface area contributed by atoms with E-state index in [4.69, 9.17) is 15.2 Å². The summed E-state index contributed by atoms with van der Waals surface area (Å²) in [5, 5.41) is 4.21. The molecule has 0 aliphatic rings. The van der Waals surface area contributed by atoms with Gasteiger partial charge < -0.3 is 25.4 Å². The molecule has 0 saturated heterocycles. The number of nitrogens with one attached hydrogen (secondary N) is 1. The van der Waals surface area contributed by atoms with E-state index >= 15 is 0 Å². The van der Waals surface area contributed by atoms with Crippen LogP contribution < -0.4 is 20.5 Å². The lowest BCUT2D eigenvalue weighted by atomic mass is 10.1. The summed E-state index contributed by atoms with van der Waals surface area (Å²) in [5.41, 5.74) is 6.72. The third-order valence-corrected chi connectivity index (χ3v) is 4.19. The Kier molecular flexibility index (Phi) is 5.90. The Morgan fingerprint density at radius 2 is 2.00 bits per heavy atom. The van der Waals surface area contributed by atoms with Crippen molar-refractivity contribution >= 4 is 22.8 Å². The van der Waals surface area contributed by atoms with E-state index in [1.54, 1.807) is 19.2 Å². The van der Waals surface area contributed by atoms with Gasteiger partial charge in [0.2, 0.25) is 0 Å². The van der Waals surface area contributed by atoms with Crippen molar-refractivity contribution in [1.82, 2.24) is 14.9 Å². The van der Waals surface area contributed by atoms with Crippen molar-refractivity contribution in [3.05, 3.63) is 54.4 Å². The van der Waals surface area contributed by atoms with Crippen molar-refractivity contribution in [3.63, 3.8) is 0 Å². The number of anilines is 1. The number of aromatic nitrogens is 2. The molecular weight excluding hydrogens is 358 g/mol. The molecule has 0 fully saturated rings. The second kappa shape index (κ2) is 8.53. The van der Waals surface area contributed by atoms with Gasteiger partial charge in [-0.25, -0.2) is 14.8 Å². The number of fused-ring (bicyclic) bond motifs is 1. The summed E-state index contributed by atoms with van der Waals surface area (Å²) in [4.78, 5) is 21.9. The molecule has 0 spiro atoms. The van der Waals surface area contributed by atoms with E-state index in [2.05, 4.69) is 20.2 Å². The lowest BCUT2D eigenvalue weighted by Gasteiger charge is -2.24. The number of ether oxygens (including phenoxy) is 2. The van der Waals surface area contributed by atoms with E-state index in [1.165, 1.54) is 6.33 Å². The normalized spacial score (nSPS) is 12.0. The molecule has 2 aromatic carbocycles. The third-order valence-electron chi connectivity index (χ3n) is 4.19. The van der Waals surface area contributed by atoms with Crippen molar-refractivity contribution in [2.75, 3.05) is 33.1 Å². The summed E-state index contributed by atoms with van der Waals surface area (Å²) in [6.45, 7) is 0.732. The third kappa shape index (κ3) is 4.47. The molecule has 0 bridgehead atoms. The summed E-state index contributed by atoms with van der Waals surface area (Å²) in [7, 11) is 5.66. The number of para-hydroxylation sites is 1. The van der Waals surface area contributed by atoms with Crippen molar-refractivity contribution in [2.24, 2.45) is 5.73 Å². The maximum Gasteiger partial charge on any atom is 0.410 e. The van der Waals surface area contributed by atoms with Crippen LogP contribution in [-0.2, 0) is 0 Å². The molecule has 3 aromatic rings. The second-order valence-electron chi connectivity index (χ2n) is 6.53. The number of rotatable bonds is 7. The highest BCUT2D eigenvalue weighted by atomic mass is 16.5. The predicted molar refractivity (Wildman–Crippen MR) is 108 cm³/mol. The molecule has 0 radical (unpaired) electrons. The van der Waals surface area contributed by atoms with Crippen molar-refractivity contribution in [3.8, 4) is 11.5 Å². The molecule has 8 nitrogen and oxygen atoms in total. The minimum absolute atomic E-state index is 0.0519. The van der Waals surface area contributed by atoms with E-state index in [-0.39, 0.29) is 6.04 Å². The lowest BCUT2D eigenvalue weighted by Crippen LogP contribution is -2.26. The second-order valence-corrected chi connectivity index (χ2v) is 6.53. The fourth-order valence-corrected chi connectivity index (χ4v) is 2.99. The Bertz CT molecular complexity index is 977. The number of likely N-dealkylation sites (N-methyl/N-ethyl adjacent to an activating group) is 1. The molecule has 1 aromatic heterocycles. The highest BCUT2D eigenvalue weighted by Gasteiger charge is 2.17. The van der Waals surface area contributed by atoms with E-state index in [9.17, 15) is 4.79 Å². The number of nitrogens with two attached hydrogens (primary N) is 1. The van der Waals surface area contributed by atoms with Gasteiger partial charge in [0.05, 0.1) is 13.2 Å². The van der Waals surface area contributed by atoms with E-state index in [1.807, 2.05) is 44.4 Å². The molecule has 0 saturated carbocycles. The summed E-state index contributed by atoms with van der Waals surface area (Å²) >= 11 is 0. The SMILES string of the molecule is COc1cccc(C(CN(C)C)Nc2ncnc3c(OC(N)=O)cccc23)c1. The Hall–Kier alpha value is -3.39. The minimum Gasteiger partial charge on any atom is -0.497 e. The van der Waals surface area contributed by atoms with Gasteiger partial charge in [-0.3, -0.25) is 0 Å². The summed E-state index contributed by atoms with van der Waals surface area (Å²) in [6, 6.07) is 13.1. The van der Waals surface area contributed by atoms with Gasteiger partial charge in [0, 0.05) is 11.9 Å². The largest absolute Gasteiger partial charge is 0.497 e. The number of carbonyl (C=O) groups excluding carboxylic acids is 1. The maximum atomic E-state index is 11.2. The van der Waals surface area contributed by atoms with Crippen LogP contribution in [0.5, 0.6) is 11.5 Å². The number of methoxy groups -OCH3 is 1. The van der Waals surface area contributed by atoms with Crippen LogP contribution in [-0.4, -0.2) is 48.7 Å². The number of benzene rings is 2. The number of hydrogen-bond donors (Lipinski definition) is 2. The summed E-state index contributed by atoms with van der Waals surface area (Å²) in [5.74, 6) is 1.71. The molecule has 0 aliphatic heterocycles. The van der Waals surface area contributed by atoms with E-state index in [0.29, 0.717) is 17.1 Å². The van der Waals surface area contributed by atoms with E-state index in [0.717, 1.165) is 23.2 Å². The number of carbonyl (C=O) groups is 1. The molecule has 0 aliphatic carbocycles. The zero-order valence-electron chi connectivity index (χ0n) is 16.0. The highest BCUT2D eigenvalue weighted by molar-refractivity contribution is 5.94. The van der Waals surface area contributed by atoms with Crippen LogP contribution in [0, 0.1) is 0 Å². The van der Waals surface area contributed by atoms with Gasteiger partial charge in [-0.1, -0.05) is 18.2 Å². The first-order valence-corrected chi connectivity index (χ1v) is 8.74. The van der Waals surface area contributed by atoms with Crippen LogP contribution in [0.25, 0.3) is 10.9 Å². The monoisotopic (exact) mass is 381 g/mol. The Labute approximate surface area is 163 Å². The number of hydrogen-bond acceptors (Lipinski definition) is 7. The minimum atomic E-state index is -0.887. The zero-order chi connectivity index (χ0) is 20.1. The Morgan fingerprint density at radius 3 is 2.71 bits per heavy atom. The van der Waals surface area contributed by atoms with Gasteiger partial charge in [0.15, 0.2) is 5.75 Å². The molecular formula is C20H23N5O3. The van der Waals surface area contributed by atoms with Crippen molar-refractivity contribution in [2.45, 2.75) is 6.04 Å². The molecule has 28 heavy (non-hydrogen) atoms. The number of primary amides is 1.